The van der Waals surface area contributed by atoms with Crippen molar-refractivity contribution in [1.29, 1.82) is 0 Å². The molecule has 1 aliphatic heterocycles. The lowest BCUT2D eigenvalue weighted by Crippen LogP contribution is -2.42. The molecular formula is C11H22N2O. The van der Waals surface area contributed by atoms with E-state index in [-0.39, 0.29) is 0 Å². The molecule has 0 N–H and O–H groups in total. The van der Waals surface area contributed by atoms with Crippen LogP contribution in [0.2, 0.25) is 0 Å². The van der Waals surface area contributed by atoms with Crippen LogP contribution in [0.1, 0.15) is 26.2 Å². The van der Waals surface area contributed by atoms with E-state index in [9.17, 15) is 4.79 Å². The minimum atomic E-state index is 0.662. The van der Waals surface area contributed by atoms with Gasteiger partial charge in [0.1, 0.15) is 0 Å². The largest absolute Gasteiger partial charge is 0.348 e. The van der Waals surface area contributed by atoms with E-state index in [0.717, 1.165) is 13.0 Å². The summed E-state index contributed by atoms with van der Waals surface area (Å²) in [7, 11) is 1.87. The minimum absolute atomic E-state index is 0.662. The SMILES string of the molecule is CCCC(CN(C)C=O)CN1CCC1. The maximum Gasteiger partial charge on any atom is 0.209 e. The lowest BCUT2D eigenvalue weighted by Gasteiger charge is -2.35. The third kappa shape index (κ3) is 3.66. The van der Waals surface area contributed by atoms with Crippen molar-refractivity contribution in [2.45, 2.75) is 26.2 Å². The maximum absolute atomic E-state index is 10.5. The molecule has 1 heterocycles. The van der Waals surface area contributed by atoms with Crippen LogP contribution < -0.4 is 0 Å². The van der Waals surface area contributed by atoms with Gasteiger partial charge in [0, 0.05) is 20.1 Å². The van der Waals surface area contributed by atoms with Gasteiger partial charge >= 0.3 is 0 Å². The third-order valence-corrected chi connectivity index (χ3v) is 2.89. The van der Waals surface area contributed by atoms with Crippen molar-refractivity contribution >= 4 is 6.41 Å². The van der Waals surface area contributed by atoms with Crippen molar-refractivity contribution in [3.05, 3.63) is 0 Å². The summed E-state index contributed by atoms with van der Waals surface area (Å²) in [4.78, 5) is 14.8. The highest BCUT2D eigenvalue weighted by atomic mass is 16.1. The molecule has 1 fully saturated rings. The number of rotatable bonds is 7. The van der Waals surface area contributed by atoms with Gasteiger partial charge in [-0.15, -0.1) is 0 Å². The van der Waals surface area contributed by atoms with Crippen LogP contribution >= 0.6 is 0 Å². The van der Waals surface area contributed by atoms with Crippen molar-refractivity contribution in [3.63, 3.8) is 0 Å². The Hall–Kier alpha value is -0.570. The summed E-state index contributed by atoms with van der Waals surface area (Å²) in [5, 5.41) is 0. The average molecular weight is 198 g/mol. The van der Waals surface area contributed by atoms with Gasteiger partial charge in [0.2, 0.25) is 6.41 Å². The first kappa shape index (κ1) is 11.5. The standard InChI is InChI=1S/C11H22N2O/c1-3-5-11(8-12(2)10-14)9-13-6-4-7-13/h10-11H,3-9H2,1-2H3. The molecule has 0 bridgehead atoms. The van der Waals surface area contributed by atoms with E-state index in [2.05, 4.69) is 11.8 Å². The van der Waals surface area contributed by atoms with E-state index in [4.69, 9.17) is 0 Å². The topological polar surface area (TPSA) is 23.6 Å². The number of likely N-dealkylation sites (tertiary alicyclic amines) is 1. The van der Waals surface area contributed by atoms with Crippen LogP contribution in [0, 0.1) is 5.92 Å². The van der Waals surface area contributed by atoms with E-state index < -0.39 is 0 Å². The van der Waals surface area contributed by atoms with Gasteiger partial charge in [-0.05, 0) is 31.8 Å². The second kappa shape index (κ2) is 6.02. The summed E-state index contributed by atoms with van der Waals surface area (Å²) < 4.78 is 0. The van der Waals surface area contributed by atoms with Gasteiger partial charge in [-0.2, -0.15) is 0 Å². The lowest BCUT2D eigenvalue weighted by molar-refractivity contribution is -0.117. The van der Waals surface area contributed by atoms with Crippen molar-refractivity contribution < 1.29 is 4.79 Å². The molecule has 1 rings (SSSR count). The van der Waals surface area contributed by atoms with Crippen molar-refractivity contribution in [1.82, 2.24) is 9.80 Å². The maximum atomic E-state index is 10.5. The number of carbonyl (C=O) groups excluding carboxylic acids is 1. The van der Waals surface area contributed by atoms with Gasteiger partial charge in [-0.3, -0.25) is 4.79 Å². The van der Waals surface area contributed by atoms with E-state index in [1.165, 1.54) is 38.9 Å². The fourth-order valence-corrected chi connectivity index (χ4v) is 2.03. The molecule has 14 heavy (non-hydrogen) atoms. The summed E-state index contributed by atoms with van der Waals surface area (Å²) in [5.41, 5.74) is 0. The normalized spacial score (nSPS) is 18.7. The Morgan fingerprint density at radius 2 is 2.21 bits per heavy atom. The number of amides is 1. The fourth-order valence-electron chi connectivity index (χ4n) is 2.03. The predicted molar refractivity (Wildman–Crippen MR) is 58.1 cm³/mol. The zero-order valence-electron chi connectivity index (χ0n) is 9.41. The molecule has 0 saturated carbocycles. The number of carbonyl (C=O) groups is 1. The van der Waals surface area contributed by atoms with Crippen molar-refractivity contribution in [2.75, 3.05) is 33.2 Å². The Morgan fingerprint density at radius 1 is 1.50 bits per heavy atom. The molecule has 1 saturated heterocycles. The molecule has 0 aromatic carbocycles. The summed E-state index contributed by atoms with van der Waals surface area (Å²) in [6.45, 7) is 6.81. The first-order valence-corrected chi connectivity index (χ1v) is 5.64. The van der Waals surface area contributed by atoms with Crippen LogP contribution in [-0.2, 0) is 4.79 Å². The van der Waals surface area contributed by atoms with E-state index in [1.807, 2.05) is 7.05 Å². The highest BCUT2D eigenvalue weighted by molar-refractivity contribution is 5.46. The smallest absolute Gasteiger partial charge is 0.209 e. The minimum Gasteiger partial charge on any atom is -0.348 e. The molecule has 1 atom stereocenters. The van der Waals surface area contributed by atoms with Gasteiger partial charge in [-0.1, -0.05) is 13.3 Å². The highest BCUT2D eigenvalue weighted by Gasteiger charge is 2.19. The second-order valence-electron chi connectivity index (χ2n) is 4.35. The van der Waals surface area contributed by atoms with E-state index in [0.29, 0.717) is 5.92 Å². The number of hydrogen-bond donors (Lipinski definition) is 0. The Bertz CT molecular complexity index is 169. The molecular weight excluding hydrogens is 176 g/mol. The Balaban J connectivity index is 2.25. The lowest BCUT2D eigenvalue weighted by atomic mass is 10.0. The van der Waals surface area contributed by atoms with E-state index >= 15 is 0 Å². The molecule has 1 aliphatic rings. The molecule has 1 unspecified atom stereocenters. The van der Waals surface area contributed by atoms with Crippen LogP contribution in [0.25, 0.3) is 0 Å². The third-order valence-electron chi connectivity index (χ3n) is 2.89. The van der Waals surface area contributed by atoms with Crippen molar-refractivity contribution in [2.24, 2.45) is 5.92 Å². The van der Waals surface area contributed by atoms with E-state index in [1.54, 1.807) is 4.90 Å². The zero-order valence-corrected chi connectivity index (χ0v) is 9.41. The number of nitrogens with zero attached hydrogens (tertiary/aromatic N) is 2. The summed E-state index contributed by atoms with van der Waals surface area (Å²) in [5.74, 6) is 0.662. The molecule has 1 amide bonds. The summed E-state index contributed by atoms with van der Waals surface area (Å²) in [6, 6.07) is 0. The highest BCUT2D eigenvalue weighted by Crippen LogP contribution is 2.14. The van der Waals surface area contributed by atoms with Gasteiger partial charge < -0.3 is 9.80 Å². The molecule has 0 aromatic heterocycles. The van der Waals surface area contributed by atoms with Crippen LogP contribution in [-0.4, -0.2) is 49.4 Å². The van der Waals surface area contributed by atoms with Gasteiger partial charge in [0.25, 0.3) is 0 Å². The Kier molecular flexibility index (Phi) is 4.94. The Labute approximate surface area is 87.1 Å². The van der Waals surface area contributed by atoms with Gasteiger partial charge in [0.05, 0.1) is 0 Å². The predicted octanol–water partition coefficient (Wildman–Crippen LogP) is 1.20. The zero-order chi connectivity index (χ0) is 10.4. The van der Waals surface area contributed by atoms with Crippen LogP contribution in [0.5, 0.6) is 0 Å². The van der Waals surface area contributed by atoms with Crippen LogP contribution in [0.3, 0.4) is 0 Å². The fraction of sp³-hybridized carbons (Fsp3) is 0.909. The molecule has 0 aromatic rings. The molecule has 0 radical (unpaired) electrons. The average Bonchev–Trinajstić information content (AvgIpc) is 2.11. The Morgan fingerprint density at radius 3 is 2.64 bits per heavy atom. The van der Waals surface area contributed by atoms with Crippen LogP contribution in [0.15, 0.2) is 0 Å². The van der Waals surface area contributed by atoms with Crippen molar-refractivity contribution in [3.8, 4) is 0 Å². The summed E-state index contributed by atoms with van der Waals surface area (Å²) >= 11 is 0. The molecule has 0 spiro atoms. The molecule has 3 heteroatoms. The molecule has 82 valence electrons. The molecule has 0 aliphatic carbocycles. The quantitative estimate of drug-likeness (QED) is 0.574. The van der Waals surface area contributed by atoms with Gasteiger partial charge in [0.15, 0.2) is 0 Å². The first-order valence-electron chi connectivity index (χ1n) is 5.64. The van der Waals surface area contributed by atoms with Gasteiger partial charge in [-0.25, -0.2) is 0 Å². The van der Waals surface area contributed by atoms with Crippen LogP contribution in [0.4, 0.5) is 0 Å². The summed E-state index contributed by atoms with van der Waals surface area (Å²) in [6.07, 6.45) is 4.72. The monoisotopic (exact) mass is 198 g/mol. The molecule has 3 nitrogen and oxygen atoms in total. The number of hydrogen-bond acceptors (Lipinski definition) is 2. The second-order valence-corrected chi connectivity index (χ2v) is 4.35. The first-order chi connectivity index (χ1) is 6.76.